The monoisotopic (exact) mass is 311 g/mol. The lowest BCUT2D eigenvalue weighted by Crippen LogP contribution is -2.13. The van der Waals surface area contributed by atoms with Gasteiger partial charge in [0.2, 0.25) is 0 Å². The SMILES string of the molecule is CC(C(=O)O)c1ccc(C2CCN(C)C2)c(Br)c1. The van der Waals surface area contributed by atoms with E-state index in [1.165, 1.54) is 12.0 Å². The Morgan fingerprint density at radius 3 is 2.78 bits per heavy atom. The van der Waals surface area contributed by atoms with E-state index in [4.69, 9.17) is 5.11 Å². The lowest BCUT2D eigenvalue weighted by Gasteiger charge is -2.15. The van der Waals surface area contributed by atoms with Crippen molar-refractivity contribution in [3.05, 3.63) is 33.8 Å². The smallest absolute Gasteiger partial charge is 0.310 e. The van der Waals surface area contributed by atoms with E-state index in [1.54, 1.807) is 6.92 Å². The highest BCUT2D eigenvalue weighted by Gasteiger charge is 2.23. The van der Waals surface area contributed by atoms with Crippen LogP contribution in [0.15, 0.2) is 22.7 Å². The lowest BCUT2D eigenvalue weighted by atomic mass is 9.94. The molecule has 1 heterocycles. The van der Waals surface area contributed by atoms with Gasteiger partial charge < -0.3 is 10.0 Å². The van der Waals surface area contributed by atoms with Gasteiger partial charge in [-0.15, -0.1) is 0 Å². The average molecular weight is 312 g/mol. The van der Waals surface area contributed by atoms with Crippen LogP contribution in [0.5, 0.6) is 0 Å². The Balaban J connectivity index is 2.22. The first kappa shape index (κ1) is 13.6. The number of halogens is 1. The minimum Gasteiger partial charge on any atom is -0.481 e. The summed E-state index contributed by atoms with van der Waals surface area (Å²) in [6.07, 6.45) is 1.17. The Labute approximate surface area is 116 Å². The highest BCUT2D eigenvalue weighted by molar-refractivity contribution is 9.10. The summed E-state index contributed by atoms with van der Waals surface area (Å²) < 4.78 is 1.04. The average Bonchev–Trinajstić information content (AvgIpc) is 2.74. The van der Waals surface area contributed by atoms with Crippen molar-refractivity contribution in [3.63, 3.8) is 0 Å². The van der Waals surface area contributed by atoms with Crippen LogP contribution in [0.3, 0.4) is 0 Å². The molecule has 1 N–H and O–H groups in total. The van der Waals surface area contributed by atoms with Crippen LogP contribution in [0, 0.1) is 0 Å². The van der Waals surface area contributed by atoms with Crippen molar-refractivity contribution in [2.75, 3.05) is 20.1 Å². The quantitative estimate of drug-likeness (QED) is 0.932. The fraction of sp³-hybridized carbons (Fsp3) is 0.500. The van der Waals surface area contributed by atoms with E-state index in [2.05, 4.69) is 33.9 Å². The zero-order valence-corrected chi connectivity index (χ0v) is 12.3. The molecule has 1 aromatic rings. The molecular formula is C14H18BrNO2. The van der Waals surface area contributed by atoms with E-state index in [0.717, 1.165) is 23.1 Å². The molecule has 3 nitrogen and oxygen atoms in total. The van der Waals surface area contributed by atoms with Crippen molar-refractivity contribution in [1.29, 1.82) is 0 Å². The van der Waals surface area contributed by atoms with Gasteiger partial charge in [0.25, 0.3) is 0 Å². The van der Waals surface area contributed by atoms with Crippen LogP contribution in [0.25, 0.3) is 0 Å². The molecule has 1 saturated heterocycles. The van der Waals surface area contributed by atoms with Gasteiger partial charge in [0, 0.05) is 11.0 Å². The fourth-order valence-corrected chi connectivity index (χ4v) is 3.20. The van der Waals surface area contributed by atoms with Crippen LogP contribution in [0.1, 0.15) is 36.3 Å². The highest BCUT2D eigenvalue weighted by Crippen LogP contribution is 2.33. The number of rotatable bonds is 3. The highest BCUT2D eigenvalue weighted by atomic mass is 79.9. The largest absolute Gasteiger partial charge is 0.481 e. The van der Waals surface area contributed by atoms with Gasteiger partial charge in [-0.25, -0.2) is 0 Å². The number of carbonyl (C=O) groups is 1. The summed E-state index contributed by atoms with van der Waals surface area (Å²) in [7, 11) is 2.13. The zero-order chi connectivity index (χ0) is 13.3. The van der Waals surface area contributed by atoms with Crippen LogP contribution in [-0.4, -0.2) is 36.1 Å². The first-order chi connectivity index (χ1) is 8.49. The molecule has 4 heteroatoms. The predicted molar refractivity (Wildman–Crippen MR) is 75.0 cm³/mol. The van der Waals surface area contributed by atoms with E-state index < -0.39 is 11.9 Å². The van der Waals surface area contributed by atoms with Crippen molar-refractivity contribution in [2.45, 2.75) is 25.2 Å². The van der Waals surface area contributed by atoms with Crippen LogP contribution in [0.4, 0.5) is 0 Å². The molecule has 2 rings (SSSR count). The number of hydrogen-bond donors (Lipinski definition) is 1. The third-order valence-corrected chi connectivity index (χ3v) is 4.41. The molecule has 0 aliphatic carbocycles. The topological polar surface area (TPSA) is 40.5 Å². The van der Waals surface area contributed by atoms with Crippen LogP contribution in [-0.2, 0) is 4.79 Å². The maximum absolute atomic E-state index is 11.0. The molecule has 0 bridgehead atoms. The molecule has 1 aliphatic heterocycles. The Morgan fingerprint density at radius 2 is 2.28 bits per heavy atom. The number of nitrogens with zero attached hydrogens (tertiary/aromatic N) is 1. The molecule has 0 amide bonds. The number of benzene rings is 1. The Bertz CT molecular complexity index is 461. The summed E-state index contributed by atoms with van der Waals surface area (Å²) >= 11 is 3.58. The van der Waals surface area contributed by atoms with E-state index in [1.807, 2.05) is 12.1 Å². The second-order valence-corrected chi connectivity index (χ2v) is 5.94. The molecule has 98 valence electrons. The van der Waals surface area contributed by atoms with Crippen molar-refractivity contribution < 1.29 is 9.90 Å². The van der Waals surface area contributed by atoms with Crippen molar-refractivity contribution in [3.8, 4) is 0 Å². The molecule has 0 radical (unpaired) electrons. The summed E-state index contributed by atoms with van der Waals surface area (Å²) in [5, 5.41) is 9.02. The normalized spacial score (nSPS) is 22.1. The number of hydrogen-bond acceptors (Lipinski definition) is 2. The Hall–Kier alpha value is -0.870. The van der Waals surface area contributed by atoms with Crippen molar-refractivity contribution in [1.82, 2.24) is 4.90 Å². The second-order valence-electron chi connectivity index (χ2n) is 5.09. The van der Waals surface area contributed by atoms with Gasteiger partial charge >= 0.3 is 5.97 Å². The number of carboxylic acids is 1. The van der Waals surface area contributed by atoms with Gasteiger partial charge in [-0.05, 0) is 50.0 Å². The maximum Gasteiger partial charge on any atom is 0.310 e. The number of likely N-dealkylation sites (tertiary alicyclic amines) is 1. The second kappa shape index (κ2) is 5.41. The van der Waals surface area contributed by atoms with Crippen molar-refractivity contribution in [2.24, 2.45) is 0 Å². The minimum atomic E-state index is -0.782. The summed E-state index contributed by atoms with van der Waals surface area (Å²) in [4.78, 5) is 13.3. The summed E-state index contributed by atoms with van der Waals surface area (Å²) in [6, 6.07) is 5.96. The van der Waals surface area contributed by atoms with E-state index in [-0.39, 0.29) is 0 Å². The summed E-state index contributed by atoms with van der Waals surface area (Å²) in [5.74, 6) is -0.685. The predicted octanol–water partition coefficient (Wildman–Crippen LogP) is 3.06. The molecule has 1 aromatic carbocycles. The van der Waals surface area contributed by atoms with Gasteiger partial charge in [0.1, 0.15) is 0 Å². The molecule has 0 spiro atoms. The number of likely N-dealkylation sites (N-methyl/N-ethyl adjacent to an activating group) is 1. The third kappa shape index (κ3) is 2.75. The van der Waals surface area contributed by atoms with E-state index in [9.17, 15) is 4.79 Å². The standard InChI is InChI=1S/C14H18BrNO2/c1-9(14(17)18)10-3-4-12(13(15)7-10)11-5-6-16(2)8-11/h3-4,7,9,11H,5-6,8H2,1-2H3,(H,17,18). The Kier molecular flexibility index (Phi) is 4.07. The molecule has 0 saturated carbocycles. The molecule has 2 atom stereocenters. The minimum absolute atomic E-state index is 0.457. The zero-order valence-electron chi connectivity index (χ0n) is 10.7. The van der Waals surface area contributed by atoms with Gasteiger partial charge in [-0.1, -0.05) is 28.1 Å². The molecule has 18 heavy (non-hydrogen) atoms. The van der Waals surface area contributed by atoms with Gasteiger partial charge in [-0.3, -0.25) is 4.79 Å². The van der Waals surface area contributed by atoms with E-state index in [0.29, 0.717) is 5.92 Å². The first-order valence-electron chi connectivity index (χ1n) is 6.19. The molecule has 1 fully saturated rings. The van der Waals surface area contributed by atoms with Crippen LogP contribution >= 0.6 is 15.9 Å². The number of carboxylic acid groups (broad SMARTS) is 1. The number of aliphatic carboxylic acids is 1. The van der Waals surface area contributed by atoms with Gasteiger partial charge in [0.05, 0.1) is 5.92 Å². The molecule has 2 unspecified atom stereocenters. The Morgan fingerprint density at radius 1 is 1.56 bits per heavy atom. The van der Waals surface area contributed by atoms with Crippen LogP contribution < -0.4 is 0 Å². The van der Waals surface area contributed by atoms with Crippen molar-refractivity contribution >= 4 is 21.9 Å². The first-order valence-corrected chi connectivity index (χ1v) is 6.99. The van der Waals surface area contributed by atoms with Gasteiger partial charge in [0.15, 0.2) is 0 Å². The van der Waals surface area contributed by atoms with E-state index >= 15 is 0 Å². The summed E-state index contributed by atoms with van der Waals surface area (Å²) in [6.45, 7) is 3.92. The van der Waals surface area contributed by atoms with Gasteiger partial charge in [-0.2, -0.15) is 0 Å². The molecular weight excluding hydrogens is 294 g/mol. The summed E-state index contributed by atoms with van der Waals surface area (Å²) in [5.41, 5.74) is 2.14. The molecule has 1 aliphatic rings. The third-order valence-electron chi connectivity index (χ3n) is 3.73. The molecule has 0 aromatic heterocycles. The van der Waals surface area contributed by atoms with Crippen LogP contribution in [0.2, 0.25) is 0 Å². The fourth-order valence-electron chi connectivity index (χ4n) is 2.48. The lowest BCUT2D eigenvalue weighted by molar-refractivity contribution is -0.138. The maximum atomic E-state index is 11.0.